The normalized spacial score (nSPS) is 20.0. The van der Waals surface area contributed by atoms with E-state index in [1.54, 1.807) is 0 Å². The Morgan fingerprint density at radius 2 is 2.00 bits per heavy atom. The number of aromatic nitrogens is 2. The second-order valence-electron chi connectivity index (χ2n) is 6.03. The van der Waals surface area contributed by atoms with E-state index in [2.05, 4.69) is 54.4 Å². The van der Waals surface area contributed by atoms with E-state index in [9.17, 15) is 0 Å². The van der Waals surface area contributed by atoms with Crippen molar-refractivity contribution in [2.24, 2.45) is 0 Å². The summed E-state index contributed by atoms with van der Waals surface area (Å²) in [5.41, 5.74) is 1.13. The second-order valence-corrected chi connectivity index (χ2v) is 6.03. The van der Waals surface area contributed by atoms with Crippen molar-refractivity contribution in [3.05, 3.63) is 17.6 Å². The highest BCUT2D eigenvalue weighted by atomic mass is 15.1. The smallest absolute Gasteiger partial charge is 0.133 e. The monoisotopic (exact) mass is 262 g/mol. The first-order valence-corrected chi connectivity index (χ1v) is 7.42. The number of rotatable bonds is 4. The van der Waals surface area contributed by atoms with Crippen LogP contribution in [0.25, 0.3) is 0 Å². The van der Waals surface area contributed by atoms with Gasteiger partial charge in [-0.2, -0.15) is 0 Å². The van der Waals surface area contributed by atoms with Crippen LogP contribution in [0.15, 0.2) is 6.07 Å². The molecule has 19 heavy (non-hydrogen) atoms. The Labute approximate surface area is 116 Å². The molecule has 0 aromatic carbocycles. The fourth-order valence-electron chi connectivity index (χ4n) is 2.30. The Bertz CT molecular complexity index is 382. The SMILES string of the molecule is CC(C)c1cc(NC2CCCNC2)nc(C(C)C)n1. The summed E-state index contributed by atoms with van der Waals surface area (Å²) in [6.07, 6.45) is 2.45. The van der Waals surface area contributed by atoms with Crippen LogP contribution in [-0.4, -0.2) is 29.1 Å². The third kappa shape index (κ3) is 3.90. The lowest BCUT2D eigenvalue weighted by Gasteiger charge is -2.25. The number of hydrogen-bond acceptors (Lipinski definition) is 4. The van der Waals surface area contributed by atoms with Gasteiger partial charge in [-0.1, -0.05) is 27.7 Å². The van der Waals surface area contributed by atoms with Crippen LogP contribution in [0, 0.1) is 0 Å². The van der Waals surface area contributed by atoms with Gasteiger partial charge in [-0.25, -0.2) is 9.97 Å². The van der Waals surface area contributed by atoms with Gasteiger partial charge in [-0.05, 0) is 25.3 Å². The highest BCUT2D eigenvalue weighted by Crippen LogP contribution is 2.20. The van der Waals surface area contributed by atoms with Gasteiger partial charge in [0.25, 0.3) is 0 Å². The zero-order valence-electron chi connectivity index (χ0n) is 12.5. The van der Waals surface area contributed by atoms with E-state index >= 15 is 0 Å². The van der Waals surface area contributed by atoms with E-state index in [-0.39, 0.29) is 0 Å². The summed E-state index contributed by atoms with van der Waals surface area (Å²) in [6.45, 7) is 10.8. The molecule has 2 N–H and O–H groups in total. The van der Waals surface area contributed by atoms with Crippen LogP contribution in [0.5, 0.6) is 0 Å². The molecule has 2 heterocycles. The molecule has 4 nitrogen and oxygen atoms in total. The molecule has 4 heteroatoms. The summed E-state index contributed by atoms with van der Waals surface area (Å²) in [5, 5.41) is 6.98. The first kappa shape index (κ1) is 14.3. The lowest BCUT2D eigenvalue weighted by atomic mass is 10.1. The Morgan fingerprint density at radius 1 is 1.21 bits per heavy atom. The van der Waals surface area contributed by atoms with Gasteiger partial charge in [-0.3, -0.25) is 0 Å². The highest BCUT2D eigenvalue weighted by Gasteiger charge is 2.15. The van der Waals surface area contributed by atoms with Crippen molar-refractivity contribution in [3.8, 4) is 0 Å². The number of hydrogen-bond donors (Lipinski definition) is 2. The minimum atomic E-state index is 0.365. The molecule has 0 spiro atoms. The average molecular weight is 262 g/mol. The molecule has 1 fully saturated rings. The molecule has 0 aliphatic carbocycles. The summed E-state index contributed by atoms with van der Waals surface area (Å²) >= 11 is 0. The summed E-state index contributed by atoms with van der Waals surface area (Å²) in [4.78, 5) is 9.32. The van der Waals surface area contributed by atoms with E-state index < -0.39 is 0 Å². The Kier molecular flexibility index (Phi) is 4.75. The molecule has 0 saturated carbocycles. The zero-order valence-corrected chi connectivity index (χ0v) is 12.5. The largest absolute Gasteiger partial charge is 0.366 e. The van der Waals surface area contributed by atoms with Gasteiger partial charge in [0, 0.05) is 30.3 Å². The third-order valence-corrected chi connectivity index (χ3v) is 3.52. The fourth-order valence-corrected chi connectivity index (χ4v) is 2.30. The van der Waals surface area contributed by atoms with Crippen LogP contribution in [-0.2, 0) is 0 Å². The van der Waals surface area contributed by atoms with Gasteiger partial charge < -0.3 is 10.6 Å². The maximum Gasteiger partial charge on any atom is 0.133 e. The topological polar surface area (TPSA) is 49.8 Å². The van der Waals surface area contributed by atoms with Crippen LogP contribution in [0.2, 0.25) is 0 Å². The van der Waals surface area contributed by atoms with Gasteiger partial charge in [0.1, 0.15) is 11.6 Å². The van der Waals surface area contributed by atoms with Crippen LogP contribution in [0.1, 0.15) is 63.9 Å². The Balaban J connectivity index is 2.18. The quantitative estimate of drug-likeness (QED) is 0.876. The third-order valence-electron chi connectivity index (χ3n) is 3.52. The van der Waals surface area contributed by atoms with E-state index in [4.69, 9.17) is 0 Å². The van der Waals surface area contributed by atoms with E-state index in [1.807, 2.05) is 0 Å². The standard InChI is InChI=1S/C15H26N4/c1-10(2)13-8-14(19-15(18-13)11(3)4)17-12-6-5-7-16-9-12/h8,10-12,16H,5-7,9H2,1-4H3,(H,17,18,19). The first-order chi connectivity index (χ1) is 9.06. The summed E-state index contributed by atoms with van der Waals surface area (Å²) in [7, 11) is 0. The zero-order chi connectivity index (χ0) is 13.8. The van der Waals surface area contributed by atoms with Crippen LogP contribution < -0.4 is 10.6 Å². The maximum absolute atomic E-state index is 4.66. The maximum atomic E-state index is 4.66. The van der Waals surface area contributed by atoms with E-state index in [1.165, 1.54) is 12.8 Å². The van der Waals surface area contributed by atoms with Crippen molar-refractivity contribution in [2.75, 3.05) is 18.4 Å². The molecule has 2 rings (SSSR count). The van der Waals surface area contributed by atoms with Crippen LogP contribution in [0.4, 0.5) is 5.82 Å². The average Bonchev–Trinajstić information content (AvgIpc) is 2.39. The molecular formula is C15H26N4. The lowest BCUT2D eigenvalue weighted by molar-refractivity contribution is 0.478. The van der Waals surface area contributed by atoms with Gasteiger partial charge in [-0.15, -0.1) is 0 Å². The predicted octanol–water partition coefficient (Wildman–Crippen LogP) is 2.89. The molecule has 1 saturated heterocycles. The molecule has 0 amide bonds. The summed E-state index contributed by atoms with van der Waals surface area (Å²) < 4.78 is 0. The number of nitrogens with zero attached hydrogens (tertiary/aromatic N) is 2. The number of nitrogens with one attached hydrogen (secondary N) is 2. The van der Waals surface area contributed by atoms with Crippen molar-refractivity contribution in [1.29, 1.82) is 0 Å². The second kappa shape index (κ2) is 6.33. The van der Waals surface area contributed by atoms with Crippen molar-refractivity contribution in [3.63, 3.8) is 0 Å². The minimum Gasteiger partial charge on any atom is -0.366 e. The van der Waals surface area contributed by atoms with Crippen molar-refractivity contribution < 1.29 is 0 Å². The van der Waals surface area contributed by atoms with Crippen LogP contribution >= 0.6 is 0 Å². The molecule has 0 radical (unpaired) electrons. The van der Waals surface area contributed by atoms with Gasteiger partial charge in [0.05, 0.1) is 0 Å². The lowest BCUT2D eigenvalue weighted by Crippen LogP contribution is -2.38. The summed E-state index contributed by atoms with van der Waals surface area (Å²) in [6, 6.07) is 2.59. The molecule has 106 valence electrons. The Hall–Kier alpha value is -1.16. The fraction of sp³-hybridized carbons (Fsp3) is 0.733. The van der Waals surface area contributed by atoms with E-state index in [0.29, 0.717) is 17.9 Å². The first-order valence-electron chi connectivity index (χ1n) is 7.42. The summed E-state index contributed by atoms with van der Waals surface area (Å²) in [5.74, 6) is 2.72. The minimum absolute atomic E-state index is 0.365. The highest BCUT2D eigenvalue weighted by molar-refractivity contribution is 5.38. The molecule has 1 atom stereocenters. The molecule has 1 unspecified atom stereocenters. The van der Waals surface area contributed by atoms with Gasteiger partial charge >= 0.3 is 0 Å². The van der Waals surface area contributed by atoms with Crippen LogP contribution in [0.3, 0.4) is 0 Å². The van der Waals surface area contributed by atoms with Gasteiger partial charge in [0.15, 0.2) is 0 Å². The Morgan fingerprint density at radius 3 is 2.58 bits per heavy atom. The van der Waals surface area contributed by atoms with Crippen molar-refractivity contribution >= 4 is 5.82 Å². The number of piperidine rings is 1. The molecule has 1 aromatic rings. The van der Waals surface area contributed by atoms with Crippen molar-refractivity contribution in [2.45, 2.75) is 58.4 Å². The molecule has 1 aliphatic rings. The molecule has 1 aliphatic heterocycles. The number of anilines is 1. The van der Waals surface area contributed by atoms with E-state index in [0.717, 1.165) is 30.4 Å². The molecule has 1 aromatic heterocycles. The van der Waals surface area contributed by atoms with Crippen molar-refractivity contribution in [1.82, 2.24) is 15.3 Å². The molecular weight excluding hydrogens is 236 g/mol. The van der Waals surface area contributed by atoms with Gasteiger partial charge in [0.2, 0.25) is 0 Å². The molecule has 0 bridgehead atoms. The predicted molar refractivity (Wildman–Crippen MR) is 79.7 cm³/mol.